The van der Waals surface area contributed by atoms with E-state index in [1.54, 1.807) is 21.1 Å². The lowest BCUT2D eigenvalue weighted by Crippen LogP contribution is -2.55. The highest BCUT2D eigenvalue weighted by molar-refractivity contribution is 5.70. The molecule has 0 spiro atoms. The van der Waals surface area contributed by atoms with Crippen molar-refractivity contribution in [3.63, 3.8) is 0 Å². The van der Waals surface area contributed by atoms with Crippen LogP contribution in [-0.2, 0) is 28.6 Å². The zero-order valence-corrected chi connectivity index (χ0v) is 37.4. The van der Waals surface area contributed by atoms with Crippen LogP contribution < -0.4 is 5.11 Å². The minimum Gasteiger partial charge on any atom is -0.544 e. The number of ether oxygens (including phenoxy) is 3. The van der Waals surface area contributed by atoms with E-state index in [2.05, 4.69) is 62.5 Å². The van der Waals surface area contributed by atoms with Crippen molar-refractivity contribution in [2.45, 2.75) is 142 Å². The summed E-state index contributed by atoms with van der Waals surface area (Å²) in [6.07, 6.45) is 56.4. The molecule has 0 rings (SSSR count). The number of carbonyl (C=O) groups excluding carboxylic acids is 3. The van der Waals surface area contributed by atoms with Gasteiger partial charge in [-0.05, 0) is 64.2 Å². The van der Waals surface area contributed by atoms with Gasteiger partial charge in [0.1, 0.15) is 12.6 Å². The van der Waals surface area contributed by atoms with E-state index in [1.807, 2.05) is 72.9 Å². The van der Waals surface area contributed by atoms with Crippen molar-refractivity contribution < 1.29 is 38.2 Å². The van der Waals surface area contributed by atoms with Gasteiger partial charge in [0.25, 0.3) is 0 Å². The van der Waals surface area contributed by atoms with E-state index in [1.165, 1.54) is 12.8 Å². The number of allylic oxidation sites excluding steroid dienone is 20. The normalized spacial score (nSPS) is 14.1. The van der Waals surface area contributed by atoms with Gasteiger partial charge in [-0.25, -0.2) is 0 Å². The van der Waals surface area contributed by atoms with Crippen LogP contribution in [0.15, 0.2) is 122 Å². The molecule has 2 atom stereocenters. The Morgan fingerprint density at radius 1 is 0.525 bits per heavy atom. The van der Waals surface area contributed by atoms with Crippen molar-refractivity contribution in [1.82, 2.24) is 0 Å². The van der Waals surface area contributed by atoms with Gasteiger partial charge < -0.3 is 28.6 Å². The molecule has 0 saturated carbocycles. The van der Waals surface area contributed by atoms with Crippen molar-refractivity contribution in [1.29, 1.82) is 0 Å². The third-order valence-corrected chi connectivity index (χ3v) is 9.04. The number of esters is 2. The number of likely N-dealkylation sites (N-methyl/N-ethyl adjacent to an activating group) is 1. The molecule has 0 aromatic heterocycles. The molecule has 0 aromatic carbocycles. The van der Waals surface area contributed by atoms with Crippen LogP contribution in [0.1, 0.15) is 129 Å². The van der Waals surface area contributed by atoms with Gasteiger partial charge in [-0.3, -0.25) is 9.59 Å². The maximum absolute atomic E-state index is 12.7. The average Bonchev–Trinajstić information content (AvgIpc) is 3.19. The summed E-state index contributed by atoms with van der Waals surface area (Å²) in [5.41, 5.74) is 0. The maximum atomic E-state index is 12.7. The summed E-state index contributed by atoms with van der Waals surface area (Å²) < 4.78 is 17.1. The highest BCUT2D eigenvalue weighted by atomic mass is 16.6. The SMILES string of the molecule is CC/C=C/C=C/C=C/C=C/C=C/C=C/C=C/CCCCCC(=O)OCC(COCCC(C(=O)[O-])[N+](C)(C)C)OC(=O)CCCCCCCC/C=C/C/C=C/C/C=C/CC. The summed E-state index contributed by atoms with van der Waals surface area (Å²) >= 11 is 0. The van der Waals surface area contributed by atoms with Crippen LogP contribution in [0.2, 0.25) is 0 Å². The zero-order chi connectivity index (χ0) is 43.5. The minimum absolute atomic E-state index is 0.0107. The topological polar surface area (TPSA) is 102 Å². The highest BCUT2D eigenvalue weighted by Gasteiger charge is 2.25. The number of rotatable bonds is 37. The average molecular weight is 818 g/mol. The second-order valence-electron chi connectivity index (χ2n) is 15.4. The second-order valence-corrected chi connectivity index (χ2v) is 15.4. The highest BCUT2D eigenvalue weighted by Crippen LogP contribution is 2.12. The third-order valence-electron chi connectivity index (χ3n) is 9.04. The predicted molar refractivity (Wildman–Crippen MR) is 244 cm³/mol. The summed E-state index contributed by atoms with van der Waals surface area (Å²) in [5.74, 6) is -1.83. The lowest BCUT2D eigenvalue weighted by atomic mass is 10.1. The predicted octanol–water partition coefficient (Wildman–Crippen LogP) is 10.9. The van der Waals surface area contributed by atoms with Gasteiger partial charge in [0.05, 0.1) is 40.3 Å². The van der Waals surface area contributed by atoms with Crippen molar-refractivity contribution in [3.05, 3.63) is 122 Å². The molecule has 8 heteroatoms. The zero-order valence-electron chi connectivity index (χ0n) is 37.4. The molecule has 8 nitrogen and oxygen atoms in total. The number of unbranched alkanes of at least 4 members (excludes halogenated alkanes) is 9. The van der Waals surface area contributed by atoms with Gasteiger partial charge in [-0.2, -0.15) is 0 Å². The lowest BCUT2D eigenvalue weighted by molar-refractivity contribution is -0.889. The van der Waals surface area contributed by atoms with E-state index in [0.717, 1.165) is 77.0 Å². The van der Waals surface area contributed by atoms with Crippen LogP contribution in [0.4, 0.5) is 0 Å². The Labute approximate surface area is 359 Å². The molecule has 0 heterocycles. The summed E-state index contributed by atoms with van der Waals surface area (Å²) in [6, 6.07) is -0.744. The van der Waals surface area contributed by atoms with Crippen LogP contribution in [0.25, 0.3) is 0 Å². The molecule has 0 saturated heterocycles. The molecular formula is C51H79NO7. The molecule has 0 fully saturated rings. The van der Waals surface area contributed by atoms with E-state index in [9.17, 15) is 19.5 Å². The summed E-state index contributed by atoms with van der Waals surface area (Å²) in [4.78, 5) is 36.9. The van der Waals surface area contributed by atoms with E-state index < -0.39 is 18.1 Å². The number of quaternary nitrogens is 1. The quantitative estimate of drug-likeness (QED) is 0.0202. The number of hydrogen-bond acceptors (Lipinski definition) is 7. The van der Waals surface area contributed by atoms with Gasteiger partial charge in [0, 0.05) is 19.3 Å². The molecule has 330 valence electrons. The van der Waals surface area contributed by atoms with Gasteiger partial charge in [0.15, 0.2) is 6.10 Å². The Bertz CT molecular complexity index is 1370. The summed E-state index contributed by atoms with van der Waals surface area (Å²) in [5, 5.41) is 11.6. The molecule has 0 amide bonds. The number of carbonyl (C=O) groups is 3. The monoisotopic (exact) mass is 818 g/mol. The largest absolute Gasteiger partial charge is 0.544 e. The smallest absolute Gasteiger partial charge is 0.306 e. The third kappa shape index (κ3) is 39.0. The molecular weight excluding hydrogens is 739 g/mol. The Hall–Kier alpha value is -4.27. The fraction of sp³-hybridized carbons (Fsp3) is 0.549. The van der Waals surface area contributed by atoms with Crippen LogP contribution >= 0.6 is 0 Å². The van der Waals surface area contributed by atoms with Crippen LogP contribution in [-0.4, -0.2) is 75.5 Å². The van der Waals surface area contributed by atoms with Crippen molar-refractivity contribution in [2.24, 2.45) is 0 Å². The second kappa shape index (κ2) is 40.5. The Kier molecular flexibility index (Phi) is 37.6. The molecule has 0 bridgehead atoms. The Balaban J connectivity index is 4.50. The molecule has 0 aliphatic carbocycles. The maximum Gasteiger partial charge on any atom is 0.306 e. The van der Waals surface area contributed by atoms with E-state index in [4.69, 9.17) is 14.2 Å². The first-order chi connectivity index (χ1) is 28.6. The molecule has 0 aliphatic rings. The molecule has 0 N–H and O–H groups in total. The first-order valence-electron chi connectivity index (χ1n) is 22.2. The minimum atomic E-state index is -1.14. The Morgan fingerprint density at radius 2 is 0.983 bits per heavy atom. The number of nitrogens with zero attached hydrogens (tertiary/aromatic N) is 1. The van der Waals surface area contributed by atoms with Gasteiger partial charge in [0.2, 0.25) is 0 Å². The van der Waals surface area contributed by atoms with Gasteiger partial charge in [-0.15, -0.1) is 0 Å². The number of hydrogen-bond donors (Lipinski definition) is 0. The first kappa shape index (κ1) is 54.7. The van der Waals surface area contributed by atoms with Crippen molar-refractivity contribution in [3.8, 4) is 0 Å². The molecule has 0 aliphatic heterocycles. The lowest BCUT2D eigenvalue weighted by Gasteiger charge is -2.34. The molecule has 2 unspecified atom stereocenters. The van der Waals surface area contributed by atoms with Gasteiger partial charge >= 0.3 is 11.9 Å². The number of carboxylic acid groups (broad SMARTS) is 1. The van der Waals surface area contributed by atoms with Gasteiger partial charge in [-0.1, -0.05) is 167 Å². The molecule has 59 heavy (non-hydrogen) atoms. The molecule has 0 aromatic rings. The molecule has 0 radical (unpaired) electrons. The van der Waals surface area contributed by atoms with E-state index in [0.29, 0.717) is 6.42 Å². The summed E-state index contributed by atoms with van der Waals surface area (Å²) in [6.45, 7) is 4.31. The van der Waals surface area contributed by atoms with Crippen LogP contribution in [0, 0.1) is 0 Å². The fourth-order valence-electron chi connectivity index (χ4n) is 5.65. The number of aliphatic carboxylic acids is 1. The van der Waals surface area contributed by atoms with E-state index >= 15 is 0 Å². The van der Waals surface area contributed by atoms with Crippen LogP contribution in [0.3, 0.4) is 0 Å². The van der Waals surface area contributed by atoms with Crippen LogP contribution in [0.5, 0.6) is 0 Å². The van der Waals surface area contributed by atoms with E-state index in [-0.39, 0.29) is 55.5 Å². The fourth-order valence-corrected chi connectivity index (χ4v) is 5.65. The summed E-state index contributed by atoms with van der Waals surface area (Å²) in [7, 11) is 5.37. The van der Waals surface area contributed by atoms with Crippen molar-refractivity contribution >= 4 is 17.9 Å². The Morgan fingerprint density at radius 3 is 1.54 bits per heavy atom. The first-order valence-corrected chi connectivity index (χ1v) is 22.2. The number of carboxylic acids is 1. The van der Waals surface area contributed by atoms with Crippen molar-refractivity contribution in [2.75, 3.05) is 41.0 Å². The standard InChI is InChI=1S/C51H79NO7/c1-6-8-10-12-14-16-18-20-22-24-25-26-28-29-31-33-35-37-39-41-49(53)58-46-47(45-57-44-43-48(51(55)56)52(3,4)5)59-50(54)42-40-38-36-34-32-30-27-23-21-19-17-15-13-11-9-7-2/h8-12,14-18,20-26,28-29,31,47-48H,6-7,13,19,27,30,32-46H2,1-5H3/b10-8+,11-9+,14-12+,17-15+,18-16+,22-20+,23-21+,25-24+,28-26+,31-29+.